The number of nitrogens with one attached hydrogen (secondary N) is 1. The molecule has 1 saturated carbocycles. The van der Waals surface area contributed by atoms with Crippen LogP contribution < -0.4 is 10.1 Å². The monoisotopic (exact) mass is 325 g/mol. The molecule has 4 rings (SSSR count). The van der Waals surface area contributed by atoms with Gasteiger partial charge in [0.2, 0.25) is 0 Å². The van der Waals surface area contributed by atoms with Gasteiger partial charge in [0.25, 0.3) is 0 Å². The molecule has 2 heterocycles. The van der Waals surface area contributed by atoms with Gasteiger partial charge in [-0.15, -0.1) is 0 Å². The van der Waals surface area contributed by atoms with E-state index < -0.39 is 0 Å². The van der Waals surface area contributed by atoms with Crippen molar-refractivity contribution in [1.29, 1.82) is 0 Å². The Bertz CT molecular complexity index is 824. The Morgan fingerprint density at radius 1 is 1.21 bits per heavy atom. The summed E-state index contributed by atoms with van der Waals surface area (Å²) in [4.78, 5) is 4.71. The van der Waals surface area contributed by atoms with Gasteiger partial charge < -0.3 is 14.5 Å². The molecule has 3 aromatic rings. The van der Waals surface area contributed by atoms with Crippen LogP contribution in [0.15, 0.2) is 48.8 Å². The molecule has 1 N–H and O–H groups in total. The summed E-state index contributed by atoms with van der Waals surface area (Å²) in [5.41, 5.74) is 4.01. The molecule has 0 atom stereocenters. The van der Waals surface area contributed by atoms with Crippen molar-refractivity contribution in [1.82, 2.24) is 9.38 Å². The number of fused-ring (bicyclic) bond motifs is 1. The van der Waals surface area contributed by atoms with Crippen LogP contribution in [-0.2, 0) is 0 Å². The predicted octanol–water partition coefficient (Wildman–Crippen LogP) is 4.31. The van der Waals surface area contributed by atoms with Crippen LogP contribution in [0.1, 0.15) is 19.3 Å². The van der Waals surface area contributed by atoms with Crippen LogP contribution in [-0.4, -0.2) is 28.7 Å². The number of pyridine rings is 1. The minimum atomic E-state index is -0.350. The molecule has 0 aliphatic heterocycles. The summed E-state index contributed by atoms with van der Waals surface area (Å²) in [6.07, 6.45) is 6.99. The third kappa shape index (κ3) is 3.35. The molecule has 0 bridgehead atoms. The zero-order valence-electron chi connectivity index (χ0n) is 13.4. The fourth-order valence-electron chi connectivity index (χ4n) is 2.64. The molecule has 1 aromatic carbocycles. The number of halogens is 1. The van der Waals surface area contributed by atoms with Gasteiger partial charge in [0, 0.05) is 42.2 Å². The maximum absolute atomic E-state index is 12.1. The van der Waals surface area contributed by atoms with Gasteiger partial charge in [0.1, 0.15) is 11.4 Å². The molecule has 124 valence electrons. The van der Waals surface area contributed by atoms with Gasteiger partial charge in [-0.3, -0.25) is 4.39 Å². The fraction of sp³-hybridized carbons (Fsp3) is 0.316. The average molecular weight is 325 g/mol. The topological polar surface area (TPSA) is 38.6 Å². The van der Waals surface area contributed by atoms with E-state index in [0.717, 1.165) is 28.3 Å². The number of imidazole rings is 1. The van der Waals surface area contributed by atoms with Gasteiger partial charge in [-0.1, -0.05) is 0 Å². The zero-order chi connectivity index (χ0) is 16.4. The van der Waals surface area contributed by atoms with Crippen LogP contribution in [0, 0.1) is 0 Å². The zero-order valence-corrected chi connectivity index (χ0v) is 13.4. The van der Waals surface area contributed by atoms with E-state index in [1.165, 1.54) is 12.8 Å². The molecule has 0 unspecified atom stereocenters. The van der Waals surface area contributed by atoms with Gasteiger partial charge >= 0.3 is 0 Å². The summed E-state index contributed by atoms with van der Waals surface area (Å²) < 4.78 is 19.6. The minimum absolute atomic E-state index is 0.350. The number of rotatable bonds is 7. The lowest BCUT2D eigenvalue weighted by Crippen LogP contribution is -2.00. The van der Waals surface area contributed by atoms with E-state index in [0.29, 0.717) is 19.1 Å². The van der Waals surface area contributed by atoms with Crippen LogP contribution >= 0.6 is 0 Å². The van der Waals surface area contributed by atoms with Gasteiger partial charge in [-0.25, -0.2) is 4.98 Å². The van der Waals surface area contributed by atoms with Crippen molar-refractivity contribution in [2.24, 2.45) is 0 Å². The SMILES string of the molecule is FCCCOc1ccc(-c2cn3ccc(NC4CC4)cc3n2)cc1. The van der Waals surface area contributed by atoms with Crippen LogP contribution in [0.5, 0.6) is 5.75 Å². The second kappa shape index (κ2) is 6.51. The van der Waals surface area contributed by atoms with Gasteiger partial charge in [0.05, 0.1) is 19.0 Å². The Labute approximate surface area is 140 Å². The Kier molecular flexibility index (Phi) is 4.07. The van der Waals surface area contributed by atoms with E-state index in [-0.39, 0.29) is 6.67 Å². The second-order valence-corrected chi connectivity index (χ2v) is 6.14. The van der Waals surface area contributed by atoms with Crippen molar-refractivity contribution in [2.75, 3.05) is 18.6 Å². The Morgan fingerprint density at radius 3 is 2.79 bits per heavy atom. The van der Waals surface area contributed by atoms with E-state index in [2.05, 4.69) is 17.4 Å². The third-order valence-electron chi connectivity index (χ3n) is 4.11. The average Bonchev–Trinajstić information content (AvgIpc) is 3.31. The summed E-state index contributed by atoms with van der Waals surface area (Å²) in [5.74, 6) is 0.756. The summed E-state index contributed by atoms with van der Waals surface area (Å²) in [7, 11) is 0. The lowest BCUT2D eigenvalue weighted by molar-refractivity contribution is 0.289. The van der Waals surface area contributed by atoms with Crippen LogP contribution in [0.4, 0.5) is 10.1 Å². The van der Waals surface area contributed by atoms with Crippen molar-refractivity contribution < 1.29 is 9.13 Å². The highest BCUT2D eigenvalue weighted by Crippen LogP contribution is 2.26. The number of aromatic nitrogens is 2. The maximum Gasteiger partial charge on any atom is 0.139 e. The second-order valence-electron chi connectivity index (χ2n) is 6.14. The normalized spacial score (nSPS) is 14.0. The van der Waals surface area contributed by atoms with E-state index in [4.69, 9.17) is 9.72 Å². The largest absolute Gasteiger partial charge is 0.493 e. The van der Waals surface area contributed by atoms with Crippen molar-refractivity contribution in [3.8, 4) is 17.0 Å². The quantitative estimate of drug-likeness (QED) is 0.658. The molecule has 0 amide bonds. The van der Waals surface area contributed by atoms with E-state index in [1.54, 1.807) is 0 Å². The number of benzene rings is 1. The first-order valence-electron chi connectivity index (χ1n) is 8.36. The Balaban J connectivity index is 1.52. The fourth-order valence-corrected chi connectivity index (χ4v) is 2.64. The molecule has 0 radical (unpaired) electrons. The minimum Gasteiger partial charge on any atom is -0.493 e. The van der Waals surface area contributed by atoms with Gasteiger partial charge in [0.15, 0.2) is 0 Å². The number of hydrogen-bond donors (Lipinski definition) is 1. The van der Waals surface area contributed by atoms with Crippen molar-refractivity contribution >= 4 is 11.3 Å². The highest BCUT2D eigenvalue weighted by atomic mass is 19.1. The lowest BCUT2D eigenvalue weighted by Gasteiger charge is -2.04. The summed E-state index contributed by atoms with van der Waals surface area (Å²) in [6, 6.07) is 12.6. The number of alkyl halides is 1. The molecular weight excluding hydrogens is 305 g/mol. The molecular formula is C19H20FN3O. The molecule has 1 aliphatic rings. The molecule has 0 spiro atoms. The number of anilines is 1. The Morgan fingerprint density at radius 2 is 2.04 bits per heavy atom. The number of hydrogen-bond acceptors (Lipinski definition) is 3. The first-order chi connectivity index (χ1) is 11.8. The lowest BCUT2D eigenvalue weighted by atomic mass is 10.2. The van der Waals surface area contributed by atoms with Crippen LogP contribution in [0.2, 0.25) is 0 Å². The Hall–Kier alpha value is -2.56. The van der Waals surface area contributed by atoms with E-state index in [1.807, 2.05) is 41.1 Å². The summed E-state index contributed by atoms with van der Waals surface area (Å²) in [6.45, 7) is 0.0535. The first-order valence-corrected chi connectivity index (χ1v) is 8.36. The molecule has 0 saturated heterocycles. The van der Waals surface area contributed by atoms with Crippen molar-refractivity contribution in [2.45, 2.75) is 25.3 Å². The molecule has 4 nitrogen and oxygen atoms in total. The van der Waals surface area contributed by atoms with Gasteiger partial charge in [-0.2, -0.15) is 0 Å². The van der Waals surface area contributed by atoms with Crippen molar-refractivity contribution in [3.05, 3.63) is 48.8 Å². The van der Waals surface area contributed by atoms with Gasteiger partial charge in [-0.05, 0) is 43.2 Å². The van der Waals surface area contributed by atoms with Crippen LogP contribution in [0.3, 0.4) is 0 Å². The standard InChI is InChI=1S/C19H20FN3O/c20-9-1-11-24-17-6-2-14(3-7-17)18-13-23-10-8-16(12-19(23)22-18)21-15-4-5-15/h2-3,6-8,10,12-13,15,21H,1,4-5,9,11H2. The molecule has 1 aliphatic carbocycles. The summed E-state index contributed by atoms with van der Waals surface area (Å²) in [5, 5.41) is 3.49. The highest BCUT2D eigenvalue weighted by molar-refractivity contribution is 5.65. The third-order valence-corrected chi connectivity index (χ3v) is 4.11. The number of ether oxygens (including phenoxy) is 1. The maximum atomic E-state index is 12.1. The number of nitrogens with zero attached hydrogens (tertiary/aromatic N) is 2. The smallest absolute Gasteiger partial charge is 0.139 e. The molecule has 1 fully saturated rings. The molecule has 5 heteroatoms. The highest BCUT2D eigenvalue weighted by Gasteiger charge is 2.20. The van der Waals surface area contributed by atoms with E-state index >= 15 is 0 Å². The molecule has 2 aromatic heterocycles. The summed E-state index contributed by atoms with van der Waals surface area (Å²) >= 11 is 0. The first kappa shape index (κ1) is 15.0. The van der Waals surface area contributed by atoms with E-state index in [9.17, 15) is 4.39 Å². The molecule has 24 heavy (non-hydrogen) atoms. The van der Waals surface area contributed by atoms with Crippen LogP contribution in [0.25, 0.3) is 16.9 Å². The predicted molar refractivity (Wildman–Crippen MR) is 93.4 cm³/mol. The van der Waals surface area contributed by atoms with Crippen molar-refractivity contribution in [3.63, 3.8) is 0 Å².